The molecule has 43 heavy (non-hydrogen) atoms. The summed E-state index contributed by atoms with van der Waals surface area (Å²) in [4.78, 5) is 25.6. The maximum atomic E-state index is 12.8. The van der Waals surface area contributed by atoms with Gasteiger partial charge in [-0.05, 0) is 42.8 Å². The van der Waals surface area contributed by atoms with E-state index in [0.29, 0.717) is 11.1 Å². The van der Waals surface area contributed by atoms with Crippen LogP contribution in [0.15, 0.2) is 109 Å². The normalized spacial score (nSPS) is 15.8. The van der Waals surface area contributed by atoms with Gasteiger partial charge in [0, 0.05) is 92.1 Å². The molecular weight excluding hydrogens is 532 g/mol. The predicted molar refractivity (Wildman–Crippen MR) is 174 cm³/mol. The van der Waals surface area contributed by atoms with E-state index in [0.717, 1.165) is 74.9 Å². The zero-order chi connectivity index (χ0) is 28.9. The third-order valence-electron chi connectivity index (χ3n) is 8.46. The number of carbonyl (C=O) groups is 2. The summed E-state index contributed by atoms with van der Waals surface area (Å²) in [5, 5.41) is 8.21. The highest BCUT2D eigenvalue weighted by atomic mass is 16.2. The number of carbonyl (C=O) groups excluding carboxylic acids is 2. The number of benzene rings is 4. The SMILES string of the molecule is O=C1Nc2ccccc2/C1=C/c1cn(CCCn2cc(/C=C3\C(=O)Nc4ccccc43)c3ccccc32)c2ccccc12. The zero-order valence-electron chi connectivity index (χ0n) is 23.4. The fraction of sp³-hybridized carbons (Fsp3) is 0.0811. The first-order valence-corrected chi connectivity index (χ1v) is 14.5. The van der Waals surface area contributed by atoms with Crippen molar-refractivity contribution >= 4 is 68.3 Å². The van der Waals surface area contributed by atoms with Gasteiger partial charge in [-0.3, -0.25) is 9.59 Å². The fourth-order valence-electron chi connectivity index (χ4n) is 6.44. The summed E-state index contributed by atoms with van der Waals surface area (Å²) >= 11 is 0. The smallest absolute Gasteiger partial charge is 0.256 e. The Morgan fingerprint density at radius 2 is 0.953 bits per heavy atom. The van der Waals surface area contributed by atoms with Crippen molar-refractivity contribution in [3.05, 3.63) is 132 Å². The number of anilines is 2. The maximum absolute atomic E-state index is 12.8. The van der Waals surface area contributed by atoms with Gasteiger partial charge in [-0.15, -0.1) is 0 Å². The largest absolute Gasteiger partial charge is 0.347 e. The highest BCUT2D eigenvalue weighted by Gasteiger charge is 2.25. The molecule has 0 spiro atoms. The number of fused-ring (bicyclic) bond motifs is 4. The second kappa shape index (κ2) is 10.0. The second-order valence-electron chi connectivity index (χ2n) is 11.1. The van der Waals surface area contributed by atoms with Crippen molar-refractivity contribution in [2.75, 3.05) is 10.6 Å². The molecule has 8 rings (SSSR count). The third kappa shape index (κ3) is 4.27. The number of nitrogens with zero attached hydrogens (tertiary/aromatic N) is 2. The molecule has 0 saturated carbocycles. The van der Waals surface area contributed by atoms with Gasteiger partial charge in [0.1, 0.15) is 0 Å². The van der Waals surface area contributed by atoms with Crippen LogP contribution in [0.3, 0.4) is 0 Å². The average molecular weight is 561 g/mol. The van der Waals surface area contributed by atoms with Crippen molar-refractivity contribution in [3.8, 4) is 0 Å². The van der Waals surface area contributed by atoms with Crippen LogP contribution in [-0.4, -0.2) is 20.9 Å². The first kappa shape index (κ1) is 25.1. The first-order chi connectivity index (χ1) is 21.1. The van der Waals surface area contributed by atoms with E-state index in [9.17, 15) is 9.59 Å². The summed E-state index contributed by atoms with van der Waals surface area (Å²) in [6.45, 7) is 1.65. The molecule has 2 N–H and O–H groups in total. The van der Waals surface area contributed by atoms with Crippen molar-refractivity contribution in [1.29, 1.82) is 0 Å². The van der Waals surface area contributed by atoms with Gasteiger partial charge < -0.3 is 19.8 Å². The minimum absolute atomic E-state index is 0.0677. The van der Waals surface area contributed by atoms with E-state index in [1.54, 1.807) is 0 Å². The van der Waals surface area contributed by atoms with Gasteiger partial charge in [-0.25, -0.2) is 0 Å². The van der Waals surface area contributed by atoms with Gasteiger partial charge in [0.25, 0.3) is 11.8 Å². The average Bonchev–Trinajstić information content (AvgIpc) is 3.75. The predicted octanol–water partition coefficient (Wildman–Crippen LogP) is 7.67. The molecule has 2 aromatic heterocycles. The molecule has 0 saturated heterocycles. The topological polar surface area (TPSA) is 68.1 Å². The number of rotatable bonds is 6. The molecule has 4 aromatic carbocycles. The summed E-state index contributed by atoms with van der Waals surface area (Å²) in [6, 6.07) is 32.4. The van der Waals surface area contributed by atoms with Gasteiger partial charge in [0.05, 0.1) is 0 Å². The van der Waals surface area contributed by atoms with Crippen LogP contribution in [0.1, 0.15) is 28.7 Å². The minimum atomic E-state index is -0.0677. The van der Waals surface area contributed by atoms with Crippen LogP contribution in [-0.2, 0) is 22.7 Å². The van der Waals surface area contributed by atoms with E-state index in [4.69, 9.17) is 0 Å². The van der Waals surface area contributed by atoms with Crippen LogP contribution in [0, 0.1) is 0 Å². The number of hydrogen-bond donors (Lipinski definition) is 2. The molecule has 2 amide bonds. The van der Waals surface area contributed by atoms with Gasteiger partial charge in [-0.1, -0.05) is 72.8 Å². The molecule has 0 unspecified atom stereocenters. The van der Waals surface area contributed by atoms with Crippen LogP contribution in [0.25, 0.3) is 45.1 Å². The molecule has 208 valence electrons. The summed E-state index contributed by atoms with van der Waals surface area (Å²) in [7, 11) is 0. The molecule has 0 bridgehead atoms. The summed E-state index contributed by atoms with van der Waals surface area (Å²) < 4.78 is 4.57. The molecular formula is C37H28N4O2. The fourth-order valence-corrected chi connectivity index (χ4v) is 6.44. The van der Waals surface area contributed by atoms with Gasteiger partial charge in [0.2, 0.25) is 0 Å². The maximum Gasteiger partial charge on any atom is 0.256 e. The summed E-state index contributed by atoms with van der Waals surface area (Å²) in [6.07, 6.45) is 9.25. The molecule has 6 nitrogen and oxygen atoms in total. The Balaban J connectivity index is 1.09. The van der Waals surface area contributed by atoms with E-state index in [1.807, 2.05) is 72.8 Å². The Morgan fingerprint density at radius 3 is 1.44 bits per heavy atom. The lowest BCUT2D eigenvalue weighted by atomic mass is 10.0. The highest BCUT2D eigenvalue weighted by Crippen LogP contribution is 2.36. The lowest BCUT2D eigenvalue weighted by Crippen LogP contribution is -2.03. The van der Waals surface area contributed by atoms with E-state index in [2.05, 4.69) is 68.6 Å². The van der Waals surface area contributed by atoms with E-state index >= 15 is 0 Å². The standard InChI is InChI=1S/C37H28N4O2/c42-36-30(28-12-1-5-14-32(28)38-36)20-24-22-40(34-16-7-3-10-26(24)34)18-9-19-41-23-25(27-11-4-8-17-35(27)41)21-31-29-13-2-6-15-33(29)39-37(31)43/h1-8,10-17,20-23H,9,18-19H2,(H,38,42)(H,39,43)/b30-20-,31-21-. The van der Waals surface area contributed by atoms with E-state index < -0.39 is 0 Å². The zero-order valence-corrected chi connectivity index (χ0v) is 23.4. The molecule has 0 radical (unpaired) electrons. The summed E-state index contributed by atoms with van der Waals surface area (Å²) in [5.41, 5.74) is 9.34. The number of hydrogen-bond acceptors (Lipinski definition) is 2. The summed E-state index contributed by atoms with van der Waals surface area (Å²) in [5.74, 6) is -0.135. The second-order valence-corrected chi connectivity index (χ2v) is 11.1. The quantitative estimate of drug-likeness (QED) is 0.205. The number of aryl methyl sites for hydroxylation is 2. The highest BCUT2D eigenvalue weighted by molar-refractivity contribution is 6.36. The molecule has 0 fully saturated rings. The Kier molecular flexibility index (Phi) is 5.86. The molecule has 0 aliphatic carbocycles. The van der Waals surface area contributed by atoms with Crippen LogP contribution < -0.4 is 10.6 Å². The third-order valence-corrected chi connectivity index (χ3v) is 8.46. The van der Waals surface area contributed by atoms with Crippen molar-refractivity contribution < 1.29 is 9.59 Å². The van der Waals surface area contributed by atoms with Gasteiger partial charge in [0.15, 0.2) is 0 Å². The lowest BCUT2D eigenvalue weighted by Gasteiger charge is -2.08. The van der Waals surface area contributed by atoms with Gasteiger partial charge >= 0.3 is 0 Å². The molecule has 2 aliphatic heterocycles. The number of aromatic nitrogens is 2. The molecule has 2 aliphatic rings. The Hall–Kier alpha value is -5.62. The minimum Gasteiger partial charge on any atom is -0.347 e. The van der Waals surface area contributed by atoms with E-state index in [1.165, 1.54) is 0 Å². The molecule has 0 atom stereocenters. The first-order valence-electron chi connectivity index (χ1n) is 14.5. The van der Waals surface area contributed by atoms with Crippen molar-refractivity contribution in [1.82, 2.24) is 9.13 Å². The van der Waals surface area contributed by atoms with Crippen molar-refractivity contribution in [3.63, 3.8) is 0 Å². The Bertz CT molecular complexity index is 2010. The van der Waals surface area contributed by atoms with Crippen LogP contribution in [0.5, 0.6) is 0 Å². The number of amides is 2. The molecule has 4 heterocycles. The van der Waals surface area contributed by atoms with E-state index in [-0.39, 0.29) is 11.8 Å². The van der Waals surface area contributed by atoms with Crippen molar-refractivity contribution in [2.45, 2.75) is 19.5 Å². The number of para-hydroxylation sites is 4. The van der Waals surface area contributed by atoms with Crippen LogP contribution >= 0.6 is 0 Å². The Morgan fingerprint density at radius 1 is 0.535 bits per heavy atom. The number of nitrogens with one attached hydrogen (secondary N) is 2. The van der Waals surface area contributed by atoms with Gasteiger partial charge in [-0.2, -0.15) is 0 Å². The van der Waals surface area contributed by atoms with Crippen molar-refractivity contribution in [2.24, 2.45) is 0 Å². The molecule has 6 aromatic rings. The monoisotopic (exact) mass is 560 g/mol. The lowest BCUT2D eigenvalue weighted by molar-refractivity contribution is -0.111. The van der Waals surface area contributed by atoms with Crippen LogP contribution in [0.2, 0.25) is 0 Å². The van der Waals surface area contributed by atoms with Crippen LogP contribution in [0.4, 0.5) is 11.4 Å². The Labute approximate surface area is 248 Å². The molecule has 6 heteroatoms.